The van der Waals surface area contributed by atoms with Gasteiger partial charge < -0.3 is 49.1 Å². The van der Waals surface area contributed by atoms with Crippen molar-refractivity contribution < 1.29 is 39.0 Å². The van der Waals surface area contributed by atoms with Crippen molar-refractivity contribution in [3.63, 3.8) is 0 Å². The fraction of sp³-hybridized carbons (Fsp3) is 0.700. The first-order valence-electron chi connectivity index (χ1n) is 11.2. The van der Waals surface area contributed by atoms with Gasteiger partial charge in [0.1, 0.15) is 18.1 Å². The minimum absolute atomic E-state index is 0.0969. The van der Waals surface area contributed by atoms with Gasteiger partial charge in [0.2, 0.25) is 23.6 Å². The summed E-state index contributed by atoms with van der Waals surface area (Å²) in [6.45, 7) is 0.683. The largest absolute Gasteiger partial charge is 0.481 e. The summed E-state index contributed by atoms with van der Waals surface area (Å²) in [5, 5.41) is 25.1. The van der Waals surface area contributed by atoms with Gasteiger partial charge in [-0.3, -0.25) is 24.0 Å². The third-order valence-electron chi connectivity index (χ3n) is 4.91. The average Bonchev–Trinajstić information content (AvgIpc) is 2.76. The van der Waals surface area contributed by atoms with Gasteiger partial charge in [-0.05, 0) is 51.6 Å². The molecule has 0 heterocycles. The van der Waals surface area contributed by atoms with E-state index < -0.39 is 72.6 Å². The summed E-state index contributed by atoms with van der Waals surface area (Å²) in [6.07, 6.45) is 0.812. The van der Waals surface area contributed by atoms with Crippen molar-refractivity contribution in [2.75, 3.05) is 13.1 Å². The summed E-state index contributed by atoms with van der Waals surface area (Å²) < 4.78 is 0. The van der Waals surface area contributed by atoms with E-state index in [2.05, 4.69) is 16.0 Å². The molecule has 0 fully saturated rings. The third-order valence-corrected chi connectivity index (χ3v) is 4.91. The molecule has 13 N–H and O–H groups in total. The normalized spacial score (nSPS) is 14.1. The van der Waals surface area contributed by atoms with Crippen LogP contribution in [0, 0.1) is 0 Å². The van der Waals surface area contributed by atoms with Gasteiger partial charge >= 0.3 is 11.9 Å². The summed E-state index contributed by atoms with van der Waals surface area (Å²) >= 11 is 0. The zero-order chi connectivity index (χ0) is 27.0. The Balaban J connectivity index is 5.50. The molecule has 0 aromatic carbocycles. The van der Waals surface area contributed by atoms with Crippen LogP contribution in [-0.4, -0.2) is 83.0 Å². The fourth-order valence-corrected chi connectivity index (χ4v) is 3.03. The molecule has 4 amide bonds. The molecule has 0 aromatic rings. The molecule has 0 aliphatic rings. The van der Waals surface area contributed by atoms with Gasteiger partial charge in [-0.15, -0.1) is 0 Å². The number of primary amides is 1. The molecule has 15 heteroatoms. The van der Waals surface area contributed by atoms with Crippen LogP contribution >= 0.6 is 0 Å². The topological polar surface area (TPSA) is 283 Å². The van der Waals surface area contributed by atoms with Crippen molar-refractivity contribution in [1.82, 2.24) is 16.0 Å². The number of rotatable bonds is 19. The van der Waals surface area contributed by atoms with Gasteiger partial charge in [-0.25, -0.2) is 4.79 Å². The van der Waals surface area contributed by atoms with Crippen molar-refractivity contribution in [2.24, 2.45) is 22.9 Å². The number of carboxylic acids is 2. The number of unbranched alkanes of at least 4 members (excludes halogenated alkanes) is 2. The molecule has 4 unspecified atom stereocenters. The van der Waals surface area contributed by atoms with Crippen LogP contribution in [0.5, 0.6) is 0 Å². The number of aliphatic carboxylic acids is 2. The predicted octanol–water partition coefficient (Wildman–Crippen LogP) is -3.54. The Labute approximate surface area is 202 Å². The minimum atomic E-state index is -1.54. The third kappa shape index (κ3) is 13.9. The molecule has 0 aliphatic carbocycles. The van der Waals surface area contributed by atoms with E-state index in [0.29, 0.717) is 38.8 Å². The molecular weight excluding hydrogens is 466 g/mol. The van der Waals surface area contributed by atoms with Crippen LogP contribution in [0.1, 0.15) is 51.4 Å². The van der Waals surface area contributed by atoms with Crippen molar-refractivity contribution in [1.29, 1.82) is 0 Å². The maximum Gasteiger partial charge on any atom is 0.326 e. The van der Waals surface area contributed by atoms with Crippen LogP contribution in [-0.2, 0) is 28.8 Å². The number of carboxylic acid groups (broad SMARTS) is 2. The average molecular weight is 504 g/mol. The Kier molecular flexibility index (Phi) is 15.6. The zero-order valence-corrected chi connectivity index (χ0v) is 19.5. The molecule has 0 spiro atoms. The van der Waals surface area contributed by atoms with E-state index in [9.17, 15) is 33.9 Å². The van der Waals surface area contributed by atoms with Gasteiger partial charge in [-0.1, -0.05) is 0 Å². The lowest BCUT2D eigenvalue weighted by Gasteiger charge is -2.24. The number of carbonyl (C=O) groups excluding carboxylic acids is 4. The first kappa shape index (κ1) is 31.7. The molecule has 0 rings (SSSR count). The maximum atomic E-state index is 12.8. The Morgan fingerprint density at radius 3 is 1.57 bits per heavy atom. The summed E-state index contributed by atoms with van der Waals surface area (Å²) in [6, 6.07) is -5.45. The molecule has 35 heavy (non-hydrogen) atoms. The Bertz CT molecular complexity index is 749. The lowest BCUT2D eigenvalue weighted by Crippen LogP contribution is -2.57. The van der Waals surface area contributed by atoms with Gasteiger partial charge in [0.05, 0.1) is 18.9 Å². The molecule has 0 aromatic heterocycles. The van der Waals surface area contributed by atoms with Crippen molar-refractivity contribution in [3.05, 3.63) is 0 Å². The fourth-order valence-electron chi connectivity index (χ4n) is 3.03. The molecular formula is C20H37N7O8. The number of carbonyl (C=O) groups is 6. The van der Waals surface area contributed by atoms with Crippen molar-refractivity contribution in [3.8, 4) is 0 Å². The number of hydrogen-bond donors (Lipinski definition) is 9. The highest BCUT2D eigenvalue weighted by Gasteiger charge is 2.31. The second kappa shape index (κ2) is 17.2. The van der Waals surface area contributed by atoms with E-state index in [0.717, 1.165) is 0 Å². The number of hydrogen-bond acceptors (Lipinski definition) is 9. The highest BCUT2D eigenvalue weighted by molar-refractivity contribution is 5.96. The summed E-state index contributed by atoms with van der Waals surface area (Å²) in [5.74, 6) is -6.30. The van der Waals surface area contributed by atoms with Crippen LogP contribution in [0.2, 0.25) is 0 Å². The molecule has 15 nitrogen and oxygen atoms in total. The summed E-state index contributed by atoms with van der Waals surface area (Å²) in [4.78, 5) is 71.5. The summed E-state index contributed by atoms with van der Waals surface area (Å²) in [5.41, 5.74) is 21.5. The Hall–Kier alpha value is -3.30. The number of nitrogens with two attached hydrogens (primary N) is 4. The van der Waals surface area contributed by atoms with E-state index in [1.807, 2.05) is 0 Å². The van der Waals surface area contributed by atoms with Gasteiger partial charge in [0.25, 0.3) is 0 Å². The molecule has 4 atom stereocenters. The van der Waals surface area contributed by atoms with E-state index in [1.54, 1.807) is 0 Å². The summed E-state index contributed by atoms with van der Waals surface area (Å²) in [7, 11) is 0. The van der Waals surface area contributed by atoms with Gasteiger partial charge in [-0.2, -0.15) is 0 Å². The first-order valence-corrected chi connectivity index (χ1v) is 11.2. The predicted molar refractivity (Wildman–Crippen MR) is 123 cm³/mol. The lowest BCUT2D eigenvalue weighted by atomic mass is 10.0. The van der Waals surface area contributed by atoms with Crippen molar-refractivity contribution >= 4 is 35.6 Å². The standard InChI is InChI=1S/C20H37N7O8/c21-7-3-1-5-12(18(32)26-13(20(34)35)6-2-4-8-22)25-19(33)14(10-15(24)28)27-17(31)11(23)9-16(29)30/h11-14H,1-10,21-23H2,(H2,24,28)(H,25,33)(H,26,32)(H,27,31)(H,29,30)(H,34,35). The molecule has 200 valence electrons. The monoisotopic (exact) mass is 503 g/mol. The lowest BCUT2D eigenvalue weighted by molar-refractivity contribution is -0.142. The quantitative estimate of drug-likeness (QED) is 0.0778. The van der Waals surface area contributed by atoms with Crippen molar-refractivity contribution in [2.45, 2.75) is 75.5 Å². The second-order valence-electron chi connectivity index (χ2n) is 7.97. The number of nitrogens with one attached hydrogen (secondary N) is 3. The molecule has 0 bridgehead atoms. The highest BCUT2D eigenvalue weighted by atomic mass is 16.4. The van der Waals surface area contributed by atoms with E-state index in [-0.39, 0.29) is 12.8 Å². The minimum Gasteiger partial charge on any atom is -0.481 e. The molecule has 0 saturated carbocycles. The molecule has 0 radical (unpaired) electrons. The SMILES string of the molecule is NCCCCC(NC(=O)C(CCCCN)NC(=O)C(CC(N)=O)NC(=O)C(N)CC(=O)O)C(=O)O. The van der Waals surface area contributed by atoms with Gasteiger partial charge in [0, 0.05) is 0 Å². The van der Waals surface area contributed by atoms with Crippen LogP contribution in [0.4, 0.5) is 0 Å². The smallest absolute Gasteiger partial charge is 0.326 e. The van der Waals surface area contributed by atoms with Crippen LogP contribution in [0.15, 0.2) is 0 Å². The van der Waals surface area contributed by atoms with Crippen LogP contribution in [0.3, 0.4) is 0 Å². The zero-order valence-electron chi connectivity index (χ0n) is 19.5. The molecule has 0 aliphatic heterocycles. The van der Waals surface area contributed by atoms with E-state index in [4.69, 9.17) is 28.0 Å². The highest BCUT2D eigenvalue weighted by Crippen LogP contribution is 2.06. The van der Waals surface area contributed by atoms with Crippen LogP contribution in [0.25, 0.3) is 0 Å². The van der Waals surface area contributed by atoms with E-state index in [1.165, 1.54) is 0 Å². The Morgan fingerprint density at radius 2 is 1.11 bits per heavy atom. The van der Waals surface area contributed by atoms with Crippen LogP contribution < -0.4 is 38.9 Å². The second-order valence-corrected chi connectivity index (χ2v) is 7.97. The first-order chi connectivity index (χ1) is 16.4. The molecule has 0 saturated heterocycles. The maximum absolute atomic E-state index is 12.8. The number of amides is 4. The Morgan fingerprint density at radius 1 is 0.657 bits per heavy atom. The van der Waals surface area contributed by atoms with Gasteiger partial charge in [0.15, 0.2) is 0 Å². The van der Waals surface area contributed by atoms with E-state index >= 15 is 0 Å².